The predicted octanol–water partition coefficient (Wildman–Crippen LogP) is 1.15. The van der Waals surface area contributed by atoms with Gasteiger partial charge >= 0.3 is 5.97 Å². The standard InChI is InChI=1S/C8H12ClNO2/c1-6(2-9)3-10-4-7(5-10)8(11)12/h2,7H,3-5H2,1H3,(H,11,12). The maximum Gasteiger partial charge on any atom is 0.309 e. The van der Waals surface area contributed by atoms with E-state index in [0.29, 0.717) is 13.1 Å². The van der Waals surface area contributed by atoms with Crippen LogP contribution >= 0.6 is 11.6 Å². The Balaban J connectivity index is 2.22. The lowest BCUT2D eigenvalue weighted by Gasteiger charge is -2.36. The van der Waals surface area contributed by atoms with Gasteiger partial charge in [0.2, 0.25) is 0 Å². The molecule has 1 rings (SSSR count). The van der Waals surface area contributed by atoms with Crippen LogP contribution in [0.15, 0.2) is 11.1 Å². The summed E-state index contributed by atoms with van der Waals surface area (Å²) in [5.74, 6) is -0.869. The van der Waals surface area contributed by atoms with Crippen LogP contribution in [-0.2, 0) is 4.79 Å². The maximum absolute atomic E-state index is 10.4. The molecule has 12 heavy (non-hydrogen) atoms. The molecule has 1 aliphatic heterocycles. The first-order valence-electron chi connectivity index (χ1n) is 3.84. The van der Waals surface area contributed by atoms with Crippen LogP contribution in [-0.4, -0.2) is 35.6 Å². The molecule has 0 atom stereocenters. The van der Waals surface area contributed by atoms with E-state index in [0.717, 1.165) is 12.1 Å². The van der Waals surface area contributed by atoms with Crippen LogP contribution < -0.4 is 0 Å². The van der Waals surface area contributed by atoms with E-state index in [4.69, 9.17) is 16.7 Å². The lowest BCUT2D eigenvalue weighted by molar-refractivity contribution is -0.147. The Morgan fingerprint density at radius 1 is 1.75 bits per heavy atom. The molecule has 0 saturated carbocycles. The molecule has 1 saturated heterocycles. The van der Waals surface area contributed by atoms with Crippen molar-refractivity contribution in [2.75, 3.05) is 19.6 Å². The van der Waals surface area contributed by atoms with E-state index in [2.05, 4.69) is 4.90 Å². The third kappa shape index (κ3) is 2.22. The number of nitrogens with zero attached hydrogens (tertiary/aromatic N) is 1. The van der Waals surface area contributed by atoms with E-state index < -0.39 is 5.97 Å². The van der Waals surface area contributed by atoms with Crippen LogP contribution in [0.2, 0.25) is 0 Å². The third-order valence-electron chi connectivity index (χ3n) is 1.97. The van der Waals surface area contributed by atoms with E-state index in [1.54, 1.807) is 0 Å². The van der Waals surface area contributed by atoms with Crippen LogP contribution in [0, 0.1) is 5.92 Å². The second-order valence-electron chi connectivity index (χ2n) is 3.18. The molecular formula is C8H12ClNO2. The number of aliphatic carboxylic acids is 1. The molecule has 0 aromatic rings. The van der Waals surface area contributed by atoms with Crippen LogP contribution in [0.4, 0.5) is 0 Å². The molecule has 1 aliphatic rings. The second-order valence-corrected chi connectivity index (χ2v) is 3.40. The van der Waals surface area contributed by atoms with Gasteiger partial charge in [-0.15, -0.1) is 0 Å². The van der Waals surface area contributed by atoms with Gasteiger partial charge in [-0.3, -0.25) is 9.69 Å². The van der Waals surface area contributed by atoms with E-state index in [-0.39, 0.29) is 5.92 Å². The molecule has 0 bridgehead atoms. The van der Waals surface area contributed by atoms with Crippen LogP contribution in [0.1, 0.15) is 6.92 Å². The Morgan fingerprint density at radius 2 is 2.33 bits per heavy atom. The number of hydrogen-bond donors (Lipinski definition) is 1. The molecule has 1 N–H and O–H groups in total. The topological polar surface area (TPSA) is 40.5 Å². The highest BCUT2D eigenvalue weighted by Gasteiger charge is 2.31. The first-order chi connectivity index (χ1) is 5.63. The fourth-order valence-corrected chi connectivity index (χ4v) is 1.31. The molecular weight excluding hydrogens is 178 g/mol. The van der Waals surface area contributed by atoms with Crippen molar-refractivity contribution in [1.82, 2.24) is 4.90 Å². The molecule has 0 radical (unpaired) electrons. The SMILES string of the molecule is CC(=CCl)CN1CC(C(=O)O)C1. The molecule has 0 aromatic carbocycles. The number of carboxylic acid groups (broad SMARTS) is 1. The van der Waals surface area contributed by atoms with Crippen LogP contribution in [0.3, 0.4) is 0 Å². The largest absolute Gasteiger partial charge is 0.481 e. The van der Waals surface area contributed by atoms with Crippen molar-refractivity contribution in [1.29, 1.82) is 0 Å². The van der Waals surface area contributed by atoms with Gasteiger partial charge in [-0.2, -0.15) is 0 Å². The Labute approximate surface area is 76.6 Å². The summed E-state index contributed by atoms with van der Waals surface area (Å²) in [5, 5.41) is 8.57. The van der Waals surface area contributed by atoms with Gasteiger partial charge in [0.1, 0.15) is 0 Å². The average molecular weight is 190 g/mol. The number of rotatable bonds is 3. The van der Waals surface area contributed by atoms with E-state index in [1.165, 1.54) is 5.54 Å². The highest BCUT2D eigenvalue weighted by Crippen LogP contribution is 2.16. The van der Waals surface area contributed by atoms with Crippen molar-refractivity contribution in [3.8, 4) is 0 Å². The van der Waals surface area contributed by atoms with Gasteiger partial charge < -0.3 is 5.11 Å². The minimum Gasteiger partial charge on any atom is -0.481 e. The minimum absolute atomic E-state index is 0.173. The van der Waals surface area contributed by atoms with Crippen molar-refractivity contribution in [2.45, 2.75) is 6.92 Å². The van der Waals surface area contributed by atoms with Gasteiger partial charge in [-0.1, -0.05) is 11.6 Å². The zero-order chi connectivity index (χ0) is 9.14. The van der Waals surface area contributed by atoms with Crippen LogP contribution in [0.25, 0.3) is 0 Å². The van der Waals surface area contributed by atoms with Crippen molar-refractivity contribution < 1.29 is 9.90 Å². The Bertz CT molecular complexity index is 209. The summed E-state index contributed by atoms with van der Waals surface area (Å²) in [5.41, 5.74) is 2.61. The van der Waals surface area contributed by atoms with E-state index in [9.17, 15) is 4.79 Å². The molecule has 0 unspecified atom stereocenters. The summed E-state index contributed by atoms with van der Waals surface area (Å²) in [4.78, 5) is 12.5. The summed E-state index contributed by atoms with van der Waals surface area (Å²) < 4.78 is 0. The summed E-state index contributed by atoms with van der Waals surface area (Å²) in [6.07, 6.45) is 0. The number of likely N-dealkylation sites (tertiary alicyclic amines) is 1. The van der Waals surface area contributed by atoms with E-state index in [1.807, 2.05) is 6.92 Å². The molecule has 3 nitrogen and oxygen atoms in total. The number of carboxylic acids is 1. The minimum atomic E-state index is -0.696. The van der Waals surface area contributed by atoms with Gasteiger partial charge in [0.15, 0.2) is 0 Å². The molecule has 0 amide bonds. The van der Waals surface area contributed by atoms with Gasteiger partial charge in [0, 0.05) is 25.2 Å². The van der Waals surface area contributed by atoms with Crippen molar-refractivity contribution in [3.63, 3.8) is 0 Å². The molecule has 0 aliphatic carbocycles. The summed E-state index contributed by atoms with van der Waals surface area (Å²) in [6.45, 7) is 4.02. The van der Waals surface area contributed by atoms with Gasteiger partial charge in [0.25, 0.3) is 0 Å². The zero-order valence-corrected chi connectivity index (χ0v) is 7.71. The first kappa shape index (κ1) is 9.55. The average Bonchev–Trinajstić information content (AvgIpc) is 1.94. The second kappa shape index (κ2) is 3.92. The summed E-state index contributed by atoms with van der Waals surface area (Å²) >= 11 is 5.47. The van der Waals surface area contributed by atoms with Crippen molar-refractivity contribution in [3.05, 3.63) is 11.1 Å². The Hall–Kier alpha value is -0.540. The summed E-state index contributed by atoms with van der Waals surface area (Å²) in [7, 11) is 0. The molecule has 1 heterocycles. The number of carbonyl (C=O) groups is 1. The molecule has 68 valence electrons. The maximum atomic E-state index is 10.4. The van der Waals surface area contributed by atoms with E-state index >= 15 is 0 Å². The smallest absolute Gasteiger partial charge is 0.309 e. The van der Waals surface area contributed by atoms with Gasteiger partial charge in [0.05, 0.1) is 5.92 Å². The normalized spacial score (nSPS) is 20.7. The Morgan fingerprint density at radius 3 is 2.75 bits per heavy atom. The van der Waals surface area contributed by atoms with Gasteiger partial charge in [-0.05, 0) is 12.5 Å². The number of halogens is 1. The fourth-order valence-electron chi connectivity index (χ4n) is 1.24. The van der Waals surface area contributed by atoms with Crippen molar-refractivity contribution in [2.24, 2.45) is 5.92 Å². The first-order valence-corrected chi connectivity index (χ1v) is 4.28. The monoisotopic (exact) mass is 189 g/mol. The predicted molar refractivity (Wildman–Crippen MR) is 47.2 cm³/mol. The highest BCUT2D eigenvalue weighted by molar-refractivity contribution is 6.25. The zero-order valence-electron chi connectivity index (χ0n) is 6.96. The Kier molecular flexibility index (Phi) is 3.12. The third-order valence-corrected chi connectivity index (χ3v) is 2.34. The van der Waals surface area contributed by atoms with Crippen molar-refractivity contribution >= 4 is 17.6 Å². The van der Waals surface area contributed by atoms with Gasteiger partial charge in [-0.25, -0.2) is 0 Å². The molecule has 0 spiro atoms. The van der Waals surface area contributed by atoms with Crippen LogP contribution in [0.5, 0.6) is 0 Å². The molecule has 0 aromatic heterocycles. The quantitative estimate of drug-likeness (QED) is 0.724. The lowest BCUT2D eigenvalue weighted by Crippen LogP contribution is -2.50. The fraction of sp³-hybridized carbons (Fsp3) is 0.625. The number of hydrogen-bond acceptors (Lipinski definition) is 2. The molecule has 4 heteroatoms. The summed E-state index contributed by atoms with van der Waals surface area (Å²) in [6, 6.07) is 0. The lowest BCUT2D eigenvalue weighted by atomic mass is 10.0. The molecule has 1 fully saturated rings. The highest BCUT2D eigenvalue weighted by atomic mass is 35.5.